The molecule has 1 heterocycles. The van der Waals surface area contributed by atoms with Gasteiger partial charge in [-0.05, 0) is 31.2 Å². The van der Waals surface area contributed by atoms with Gasteiger partial charge in [0.15, 0.2) is 5.58 Å². The number of carbonyl (C=O) groups excluding carboxylic acids is 3. The highest BCUT2D eigenvalue weighted by Crippen LogP contribution is 2.12. The van der Waals surface area contributed by atoms with Gasteiger partial charge in [-0.15, -0.1) is 0 Å². The maximum Gasteiger partial charge on any atom is 0.419 e. The SMILES string of the molecule is Cc1ccc(NC(=O)C(=O)NCCOC(=O)CCn2c(=O)oc3ccccc32)cc1. The fourth-order valence-corrected chi connectivity index (χ4v) is 2.74. The van der Waals surface area contributed by atoms with Crippen LogP contribution in [0.4, 0.5) is 5.69 Å². The fraction of sp³-hybridized carbons (Fsp3) is 0.238. The van der Waals surface area contributed by atoms with Crippen LogP contribution in [-0.4, -0.2) is 35.5 Å². The molecule has 0 fully saturated rings. The summed E-state index contributed by atoms with van der Waals surface area (Å²) in [6.07, 6.45) is -0.0364. The molecule has 30 heavy (non-hydrogen) atoms. The Labute approximate surface area is 171 Å². The van der Waals surface area contributed by atoms with Gasteiger partial charge in [-0.2, -0.15) is 0 Å². The third-order valence-electron chi connectivity index (χ3n) is 4.28. The summed E-state index contributed by atoms with van der Waals surface area (Å²) in [5.74, 6) is -2.72. The first-order valence-corrected chi connectivity index (χ1v) is 9.34. The van der Waals surface area contributed by atoms with E-state index in [-0.39, 0.29) is 26.1 Å². The van der Waals surface area contributed by atoms with Crippen LogP contribution >= 0.6 is 0 Å². The maximum absolute atomic E-state index is 11.9. The molecule has 2 N–H and O–H groups in total. The van der Waals surface area contributed by atoms with Crippen molar-refractivity contribution in [3.8, 4) is 0 Å². The van der Waals surface area contributed by atoms with Crippen LogP contribution in [-0.2, 0) is 25.7 Å². The Morgan fingerprint density at radius 3 is 2.53 bits per heavy atom. The van der Waals surface area contributed by atoms with Gasteiger partial charge in [0.1, 0.15) is 6.61 Å². The number of hydrogen-bond acceptors (Lipinski definition) is 6. The summed E-state index contributed by atoms with van der Waals surface area (Å²) in [7, 11) is 0. The molecule has 0 saturated carbocycles. The zero-order valence-electron chi connectivity index (χ0n) is 16.3. The molecule has 0 radical (unpaired) electrons. The Bertz CT molecular complexity index is 1110. The highest BCUT2D eigenvalue weighted by Gasteiger charge is 2.14. The molecule has 3 aromatic rings. The zero-order valence-corrected chi connectivity index (χ0v) is 16.3. The second kappa shape index (κ2) is 9.55. The third kappa shape index (κ3) is 5.34. The summed E-state index contributed by atoms with van der Waals surface area (Å²) in [4.78, 5) is 47.3. The minimum atomic E-state index is -0.831. The number of nitrogens with zero attached hydrogens (tertiary/aromatic N) is 1. The van der Waals surface area contributed by atoms with Gasteiger partial charge in [0.05, 0.1) is 18.5 Å². The predicted octanol–water partition coefficient (Wildman–Crippen LogP) is 1.59. The molecule has 0 unspecified atom stereocenters. The molecular weight excluding hydrogens is 390 g/mol. The van der Waals surface area contributed by atoms with Gasteiger partial charge in [-0.25, -0.2) is 4.79 Å². The Morgan fingerprint density at radius 1 is 1.03 bits per heavy atom. The summed E-state index contributed by atoms with van der Waals surface area (Å²) in [5.41, 5.74) is 2.59. The number of aromatic nitrogens is 1. The van der Waals surface area contributed by atoms with Crippen LogP contribution in [0.15, 0.2) is 57.7 Å². The van der Waals surface area contributed by atoms with Crippen LogP contribution in [0, 0.1) is 6.92 Å². The maximum atomic E-state index is 11.9. The number of ether oxygens (including phenoxy) is 1. The minimum absolute atomic E-state index is 0.0134. The minimum Gasteiger partial charge on any atom is -0.464 e. The molecule has 0 spiro atoms. The predicted molar refractivity (Wildman–Crippen MR) is 109 cm³/mol. The van der Waals surface area contributed by atoms with Gasteiger partial charge >= 0.3 is 23.5 Å². The van der Waals surface area contributed by atoms with E-state index in [1.807, 2.05) is 19.1 Å². The van der Waals surface area contributed by atoms with Crippen molar-refractivity contribution in [3.63, 3.8) is 0 Å². The summed E-state index contributed by atoms with van der Waals surface area (Å²) in [6.45, 7) is 1.92. The molecule has 156 valence electrons. The van der Waals surface area contributed by atoms with Crippen molar-refractivity contribution < 1.29 is 23.5 Å². The number of aryl methyl sites for hydroxylation is 2. The van der Waals surface area contributed by atoms with E-state index in [9.17, 15) is 19.2 Å². The number of esters is 1. The first-order chi connectivity index (χ1) is 14.4. The topological polar surface area (TPSA) is 120 Å². The number of para-hydroxylation sites is 2. The van der Waals surface area contributed by atoms with Crippen molar-refractivity contribution >= 4 is 34.6 Å². The van der Waals surface area contributed by atoms with E-state index in [1.165, 1.54) is 4.57 Å². The van der Waals surface area contributed by atoms with Crippen LogP contribution in [0.5, 0.6) is 0 Å². The van der Waals surface area contributed by atoms with E-state index in [1.54, 1.807) is 36.4 Å². The first-order valence-electron chi connectivity index (χ1n) is 9.34. The van der Waals surface area contributed by atoms with Crippen LogP contribution < -0.4 is 16.4 Å². The number of anilines is 1. The summed E-state index contributed by atoms with van der Waals surface area (Å²) >= 11 is 0. The van der Waals surface area contributed by atoms with Crippen molar-refractivity contribution in [2.24, 2.45) is 0 Å². The molecule has 0 bridgehead atoms. The van der Waals surface area contributed by atoms with Gasteiger partial charge in [0.2, 0.25) is 0 Å². The normalized spacial score (nSPS) is 10.6. The van der Waals surface area contributed by atoms with E-state index >= 15 is 0 Å². The third-order valence-corrected chi connectivity index (χ3v) is 4.28. The summed E-state index contributed by atoms with van der Waals surface area (Å²) < 4.78 is 11.5. The summed E-state index contributed by atoms with van der Waals surface area (Å²) in [6, 6.07) is 13.9. The van der Waals surface area contributed by atoms with Gasteiger partial charge < -0.3 is 19.8 Å². The number of benzene rings is 2. The lowest BCUT2D eigenvalue weighted by molar-refractivity contribution is -0.144. The first kappa shape index (κ1) is 20.8. The van der Waals surface area contributed by atoms with Crippen LogP contribution in [0.25, 0.3) is 11.1 Å². The Morgan fingerprint density at radius 2 is 1.77 bits per heavy atom. The molecule has 1 aromatic heterocycles. The molecule has 0 saturated heterocycles. The van der Waals surface area contributed by atoms with Crippen LogP contribution in [0.3, 0.4) is 0 Å². The van der Waals surface area contributed by atoms with E-state index in [2.05, 4.69) is 10.6 Å². The molecule has 3 rings (SSSR count). The molecule has 0 atom stereocenters. The number of hydrogen-bond donors (Lipinski definition) is 2. The fourth-order valence-electron chi connectivity index (χ4n) is 2.74. The molecule has 0 aliphatic carbocycles. The van der Waals surface area contributed by atoms with Gasteiger partial charge in [-0.1, -0.05) is 29.8 Å². The van der Waals surface area contributed by atoms with Gasteiger partial charge in [0.25, 0.3) is 0 Å². The largest absolute Gasteiger partial charge is 0.464 e. The lowest BCUT2D eigenvalue weighted by Crippen LogP contribution is -2.37. The quantitative estimate of drug-likeness (QED) is 0.346. The second-order valence-electron chi connectivity index (χ2n) is 6.53. The number of fused-ring (bicyclic) bond motifs is 1. The zero-order chi connectivity index (χ0) is 21.5. The monoisotopic (exact) mass is 411 g/mol. The average molecular weight is 411 g/mol. The van der Waals surface area contributed by atoms with Crippen molar-refractivity contribution in [1.29, 1.82) is 0 Å². The van der Waals surface area contributed by atoms with E-state index in [4.69, 9.17) is 9.15 Å². The Balaban J connectivity index is 1.37. The average Bonchev–Trinajstić information content (AvgIpc) is 3.06. The lowest BCUT2D eigenvalue weighted by atomic mass is 10.2. The van der Waals surface area contributed by atoms with Gasteiger partial charge in [-0.3, -0.25) is 19.0 Å². The highest BCUT2D eigenvalue weighted by molar-refractivity contribution is 6.39. The molecule has 2 amide bonds. The molecular formula is C21H21N3O6. The van der Waals surface area contributed by atoms with Crippen molar-refractivity contribution in [2.75, 3.05) is 18.5 Å². The molecule has 0 aliphatic rings. The Kier molecular flexibility index (Phi) is 6.63. The molecule has 2 aromatic carbocycles. The van der Waals surface area contributed by atoms with Crippen molar-refractivity contribution in [1.82, 2.24) is 9.88 Å². The van der Waals surface area contributed by atoms with Crippen LogP contribution in [0.1, 0.15) is 12.0 Å². The second-order valence-corrected chi connectivity index (χ2v) is 6.53. The molecule has 0 aliphatic heterocycles. The number of rotatable bonds is 7. The number of amides is 2. The standard InChI is InChI=1S/C21H21N3O6/c1-14-6-8-15(9-7-14)23-20(27)19(26)22-11-13-29-18(25)10-12-24-16-4-2-3-5-17(16)30-21(24)28/h2-9H,10-13H2,1H3,(H,22,26)(H,23,27). The van der Waals surface area contributed by atoms with Crippen molar-refractivity contribution in [2.45, 2.75) is 19.9 Å². The molecule has 9 heteroatoms. The lowest BCUT2D eigenvalue weighted by Gasteiger charge is -2.08. The number of oxazole rings is 1. The smallest absolute Gasteiger partial charge is 0.419 e. The Hall–Kier alpha value is -3.88. The van der Waals surface area contributed by atoms with Crippen LogP contribution in [0.2, 0.25) is 0 Å². The number of nitrogens with one attached hydrogen (secondary N) is 2. The van der Waals surface area contributed by atoms with E-state index in [0.717, 1.165) is 5.56 Å². The highest BCUT2D eigenvalue weighted by atomic mass is 16.5. The number of carbonyl (C=O) groups is 3. The summed E-state index contributed by atoms with van der Waals surface area (Å²) in [5, 5.41) is 4.85. The van der Waals surface area contributed by atoms with Crippen molar-refractivity contribution in [3.05, 3.63) is 64.6 Å². The van der Waals surface area contributed by atoms with E-state index in [0.29, 0.717) is 16.8 Å². The van der Waals surface area contributed by atoms with E-state index < -0.39 is 23.5 Å². The van der Waals surface area contributed by atoms with Gasteiger partial charge in [0, 0.05) is 12.2 Å². The molecule has 9 nitrogen and oxygen atoms in total.